The van der Waals surface area contributed by atoms with Crippen LogP contribution in [0.4, 0.5) is 0 Å². The van der Waals surface area contributed by atoms with Crippen molar-refractivity contribution in [2.75, 3.05) is 6.54 Å². The Morgan fingerprint density at radius 1 is 1.44 bits per heavy atom. The van der Waals surface area contributed by atoms with E-state index < -0.39 is 10.0 Å². The highest BCUT2D eigenvalue weighted by molar-refractivity contribution is 7.89. The molecule has 6 heteroatoms. The van der Waals surface area contributed by atoms with Gasteiger partial charge in [0, 0.05) is 16.9 Å². The third-order valence-electron chi connectivity index (χ3n) is 2.04. The van der Waals surface area contributed by atoms with E-state index in [0.29, 0.717) is 11.4 Å². The zero-order chi connectivity index (χ0) is 12.2. The quantitative estimate of drug-likeness (QED) is 0.844. The second kappa shape index (κ2) is 5.87. The first-order chi connectivity index (χ1) is 7.45. The molecule has 1 N–H and O–H groups in total. The van der Waals surface area contributed by atoms with E-state index in [9.17, 15) is 8.42 Å². The average Bonchev–Trinajstić information content (AvgIpc) is 2.26. The summed E-state index contributed by atoms with van der Waals surface area (Å²) in [5, 5.41) is 0.190. The number of sulfonamides is 1. The van der Waals surface area contributed by atoms with Gasteiger partial charge in [-0.2, -0.15) is 0 Å². The number of hydrogen-bond donors (Lipinski definition) is 1. The molecule has 0 aliphatic carbocycles. The van der Waals surface area contributed by atoms with Crippen molar-refractivity contribution in [3.8, 4) is 0 Å². The summed E-state index contributed by atoms with van der Waals surface area (Å²) in [5.41, 5.74) is 0. The van der Waals surface area contributed by atoms with E-state index in [4.69, 9.17) is 23.2 Å². The maximum Gasteiger partial charge on any atom is 0.240 e. The third kappa shape index (κ3) is 3.94. The molecule has 0 heterocycles. The first kappa shape index (κ1) is 13.8. The second-order valence-electron chi connectivity index (χ2n) is 3.31. The SMILES string of the molecule is CCC(Cl)CNS(=O)(=O)c1cccc(Cl)c1. The van der Waals surface area contributed by atoms with Gasteiger partial charge in [0.25, 0.3) is 0 Å². The number of rotatable bonds is 5. The van der Waals surface area contributed by atoms with Gasteiger partial charge in [-0.15, -0.1) is 11.6 Å². The number of alkyl halides is 1. The van der Waals surface area contributed by atoms with Gasteiger partial charge in [-0.1, -0.05) is 24.6 Å². The van der Waals surface area contributed by atoms with Gasteiger partial charge in [-0.05, 0) is 24.6 Å². The van der Waals surface area contributed by atoms with Gasteiger partial charge in [-0.3, -0.25) is 0 Å². The van der Waals surface area contributed by atoms with Gasteiger partial charge < -0.3 is 0 Å². The van der Waals surface area contributed by atoms with Gasteiger partial charge in [0.1, 0.15) is 0 Å². The van der Waals surface area contributed by atoms with E-state index in [0.717, 1.165) is 0 Å². The number of benzene rings is 1. The van der Waals surface area contributed by atoms with Crippen LogP contribution in [0.25, 0.3) is 0 Å². The van der Waals surface area contributed by atoms with Crippen molar-refractivity contribution in [1.29, 1.82) is 0 Å². The molecule has 0 fully saturated rings. The lowest BCUT2D eigenvalue weighted by atomic mass is 10.3. The summed E-state index contributed by atoms with van der Waals surface area (Å²) in [6.45, 7) is 2.11. The molecule has 16 heavy (non-hydrogen) atoms. The Balaban J connectivity index is 2.78. The highest BCUT2D eigenvalue weighted by Gasteiger charge is 2.15. The van der Waals surface area contributed by atoms with E-state index in [-0.39, 0.29) is 16.8 Å². The molecular formula is C10H13Cl2NO2S. The zero-order valence-corrected chi connectivity index (χ0v) is 11.1. The molecule has 3 nitrogen and oxygen atoms in total. The van der Waals surface area contributed by atoms with E-state index in [1.54, 1.807) is 12.1 Å². The third-order valence-corrected chi connectivity index (χ3v) is 4.16. The van der Waals surface area contributed by atoms with Crippen LogP contribution in [0.3, 0.4) is 0 Å². The Morgan fingerprint density at radius 3 is 2.69 bits per heavy atom. The van der Waals surface area contributed by atoms with Gasteiger partial charge in [-0.25, -0.2) is 13.1 Å². The minimum Gasteiger partial charge on any atom is -0.210 e. The molecule has 0 aliphatic rings. The largest absolute Gasteiger partial charge is 0.240 e. The van der Waals surface area contributed by atoms with Crippen LogP contribution in [-0.4, -0.2) is 20.3 Å². The molecule has 0 aliphatic heterocycles. The zero-order valence-electron chi connectivity index (χ0n) is 8.78. The molecule has 1 atom stereocenters. The highest BCUT2D eigenvalue weighted by Crippen LogP contribution is 2.15. The summed E-state index contributed by atoms with van der Waals surface area (Å²) >= 11 is 11.6. The van der Waals surface area contributed by atoms with E-state index in [1.807, 2.05) is 6.92 Å². The summed E-state index contributed by atoms with van der Waals surface area (Å²) in [5.74, 6) is 0. The Morgan fingerprint density at radius 2 is 2.12 bits per heavy atom. The van der Waals surface area contributed by atoms with E-state index >= 15 is 0 Å². The fraction of sp³-hybridized carbons (Fsp3) is 0.400. The lowest BCUT2D eigenvalue weighted by molar-refractivity contribution is 0.579. The predicted octanol–water partition coefficient (Wildman–Crippen LogP) is 2.64. The van der Waals surface area contributed by atoms with E-state index in [2.05, 4.69) is 4.72 Å². The minimum absolute atomic E-state index is 0.153. The molecule has 1 aromatic carbocycles. The summed E-state index contributed by atoms with van der Waals surface area (Å²) in [6, 6.07) is 6.11. The average molecular weight is 282 g/mol. The molecule has 0 saturated carbocycles. The van der Waals surface area contributed by atoms with Crippen LogP contribution < -0.4 is 4.72 Å². The summed E-state index contributed by atoms with van der Waals surface area (Å²) in [7, 11) is -3.51. The van der Waals surface area contributed by atoms with Crippen LogP contribution in [-0.2, 0) is 10.0 Å². The van der Waals surface area contributed by atoms with Gasteiger partial charge in [0.05, 0.1) is 4.90 Å². The van der Waals surface area contributed by atoms with Crippen LogP contribution in [0.1, 0.15) is 13.3 Å². The summed E-state index contributed by atoms with van der Waals surface area (Å²) in [4.78, 5) is 0.153. The van der Waals surface area contributed by atoms with Crippen molar-refractivity contribution in [2.45, 2.75) is 23.6 Å². The second-order valence-corrected chi connectivity index (χ2v) is 6.14. The molecular weight excluding hydrogens is 269 g/mol. The first-order valence-electron chi connectivity index (χ1n) is 4.85. The molecule has 0 bridgehead atoms. The number of nitrogens with one attached hydrogen (secondary N) is 1. The molecule has 0 saturated heterocycles. The molecule has 1 aromatic rings. The van der Waals surface area contributed by atoms with Crippen LogP contribution in [0.2, 0.25) is 5.02 Å². The van der Waals surface area contributed by atoms with Crippen LogP contribution in [0, 0.1) is 0 Å². The molecule has 0 amide bonds. The Hall–Kier alpha value is -0.290. The molecule has 0 spiro atoms. The van der Waals surface area contributed by atoms with Crippen molar-refractivity contribution in [3.05, 3.63) is 29.3 Å². The van der Waals surface area contributed by atoms with Crippen LogP contribution >= 0.6 is 23.2 Å². The van der Waals surface area contributed by atoms with Crippen molar-refractivity contribution in [1.82, 2.24) is 4.72 Å². The first-order valence-corrected chi connectivity index (χ1v) is 7.14. The lowest BCUT2D eigenvalue weighted by Crippen LogP contribution is -2.29. The molecule has 90 valence electrons. The Bertz CT molecular complexity index is 448. The predicted molar refractivity (Wildman–Crippen MR) is 66.6 cm³/mol. The van der Waals surface area contributed by atoms with Gasteiger partial charge in [0.2, 0.25) is 10.0 Å². The maximum atomic E-state index is 11.8. The highest BCUT2D eigenvalue weighted by atomic mass is 35.5. The summed E-state index contributed by atoms with van der Waals surface area (Å²) in [6.07, 6.45) is 0.708. The number of halogens is 2. The van der Waals surface area contributed by atoms with Gasteiger partial charge >= 0.3 is 0 Å². The maximum absolute atomic E-state index is 11.8. The van der Waals surface area contributed by atoms with Crippen molar-refractivity contribution < 1.29 is 8.42 Å². The van der Waals surface area contributed by atoms with Gasteiger partial charge in [0.15, 0.2) is 0 Å². The normalized spacial score (nSPS) is 13.7. The fourth-order valence-corrected chi connectivity index (χ4v) is 2.61. The Labute approximate surface area is 106 Å². The molecule has 0 aromatic heterocycles. The topological polar surface area (TPSA) is 46.2 Å². The number of hydrogen-bond acceptors (Lipinski definition) is 2. The van der Waals surface area contributed by atoms with Crippen molar-refractivity contribution >= 4 is 33.2 Å². The molecule has 1 rings (SSSR count). The summed E-state index contributed by atoms with van der Waals surface area (Å²) < 4.78 is 26.0. The monoisotopic (exact) mass is 281 g/mol. The van der Waals surface area contributed by atoms with Crippen LogP contribution in [0.15, 0.2) is 29.2 Å². The molecule has 1 unspecified atom stereocenters. The van der Waals surface area contributed by atoms with E-state index in [1.165, 1.54) is 12.1 Å². The molecule has 0 radical (unpaired) electrons. The smallest absolute Gasteiger partial charge is 0.210 e. The lowest BCUT2D eigenvalue weighted by Gasteiger charge is -2.09. The fourth-order valence-electron chi connectivity index (χ4n) is 1.06. The van der Waals surface area contributed by atoms with Crippen molar-refractivity contribution in [3.63, 3.8) is 0 Å². The standard InChI is InChI=1S/C10H13Cl2NO2S/c1-2-8(11)7-13-16(14,15)10-5-3-4-9(12)6-10/h3-6,8,13H,2,7H2,1H3. The van der Waals surface area contributed by atoms with Crippen LogP contribution in [0.5, 0.6) is 0 Å². The van der Waals surface area contributed by atoms with Crippen molar-refractivity contribution in [2.24, 2.45) is 0 Å². The Kier molecular flexibility index (Phi) is 5.05. The minimum atomic E-state index is -3.51.